The topological polar surface area (TPSA) is 82.2 Å². The van der Waals surface area contributed by atoms with Crippen molar-refractivity contribution in [2.24, 2.45) is 0 Å². The van der Waals surface area contributed by atoms with E-state index >= 15 is 0 Å². The fraction of sp³-hybridized carbons (Fsp3) is 0.276. The molecule has 0 aliphatic rings. The standard InChI is InChI=1S/C29H33ClN6O/c1-7-20-16-21(12-11-15-36(5)6)26(32-27(37)8-2)17-25(20)34-29-31-18-23(30)28(35-29)33-24-14-10-9-13-22(24)19(3)4/h8-10,13-14,16-19H,2,7,15H2,1,3-6H3,(H,32,37)(H2,31,33,34,35). The van der Waals surface area contributed by atoms with Gasteiger partial charge in [0.1, 0.15) is 5.02 Å². The number of hydrogen-bond acceptors (Lipinski definition) is 6. The van der Waals surface area contributed by atoms with Crippen molar-refractivity contribution in [3.63, 3.8) is 0 Å². The number of carbonyl (C=O) groups is 1. The molecule has 0 aliphatic heterocycles. The van der Waals surface area contributed by atoms with E-state index in [4.69, 9.17) is 11.6 Å². The second-order valence-electron chi connectivity index (χ2n) is 9.02. The van der Waals surface area contributed by atoms with Gasteiger partial charge in [-0.15, -0.1) is 0 Å². The van der Waals surface area contributed by atoms with E-state index in [1.165, 1.54) is 6.08 Å². The summed E-state index contributed by atoms with van der Waals surface area (Å²) >= 11 is 6.44. The van der Waals surface area contributed by atoms with Crippen molar-refractivity contribution in [2.75, 3.05) is 36.6 Å². The Balaban J connectivity index is 1.98. The van der Waals surface area contributed by atoms with Crippen LogP contribution in [0.5, 0.6) is 0 Å². The third kappa shape index (κ3) is 7.56. The predicted molar refractivity (Wildman–Crippen MR) is 154 cm³/mol. The summed E-state index contributed by atoms with van der Waals surface area (Å²) < 4.78 is 0. The molecule has 1 amide bonds. The molecule has 1 aromatic heterocycles. The third-order valence-electron chi connectivity index (χ3n) is 5.51. The zero-order valence-corrected chi connectivity index (χ0v) is 22.7. The molecule has 0 atom stereocenters. The van der Waals surface area contributed by atoms with E-state index in [1.54, 1.807) is 6.20 Å². The number of aromatic nitrogens is 2. The summed E-state index contributed by atoms with van der Waals surface area (Å²) in [4.78, 5) is 23.1. The number of halogens is 1. The van der Waals surface area contributed by atoms with Crippen LogP contribution >= 0.6 is 11.6 Å². The van der Waals surface area contributed by atoms with Gasteiger partial charge in [-0.1, -0.05) is 69.0 Å². The van der Waals surface area contributed by atoms with E-state index in [0.29, 0.717) is 34.9 Å². The highest BCUT2D eigenvalue weighted by atomic mass is 35.5. The molecule has 0 aliphatic carbocycles. The summed E-state index contributed by atoms with van der Waals surface area (Å²) in [5, 5.41) is 9.91. The summed E-state index contributed by atoms with van der Waals surface area (Å²) in [6.45, 7) is 10.5. The minimum absolute atomic E-state index is 0.316. The van der Waals surface area contributed by atoms with Gasteiger partial charge < -0.3 is 16.0 Å². The average molecular weight is 517 g/mol. The second kappa shape index (κ2) is 12.9. The van der Waals surface area contributed by atoms with Crippen LogP contribution in [0.1, 0.15) is 43.4 Å². The fourth-order valence-electron chi connectivity index (χ4n) is 3.61. The van der Waals surface area contributed by atoms with Crippen LogP contribution in [-0.2, 0) is 11.2 Å². The van der Waals surface area contributed by atoms with Gasteiger partial charge in [0.15, 0.2) is 5.82 Å². The third-order valence-corrected chi connectivity index (χ3v) is 5.79. The number of amides is 1. The summed E-state index contributed by atoms with van der Waals surface area (Å²) in [6, 6.07) is 11.9. The van der Waals surface area contributed by atoms with E-state index in [2.05, 4.69) is 71.2 Å². The molecule has 37 heavy (non-hydrogen) atoms. The molecule has 0 bridgehead atoms. The largest absolute Gasteiger partial charge is 0.339 e. The molecule has 0 saturated heterocycles. The maximum absolute atomic E-state index is 12.1. The SMILES string of the molecule is C=CC(=O)Nc1cc(Nc2ncc(Cl)c(Nc3ccccc3C(C)C)n2)c(CC)cc1C#CCN(C)C. The van der Waals surface area contributed by atoms with Crippen LogP contribution in [-0.4, -0.2) is 41.4 Å². The van der Waals surface area contributed by atoms with E-state index in [1.807, 2.05) is 49.3 Å². The highest BCUT2D eigenvalue weighted by Gasteiger charge is 2.14. The van der Waals surface area contributed by atoms with Gasteiger partial charge in [0, 0.05) is 16.9 Å². The first-order valence-corrected chi connectivity index (χ1v) is 12.5. The molecule has 0 saturated carbocycles. The number of nitrogens with zero attached hydrogens (tertiary/aromatic N) is 3. The number of anilines is 5. The molecule has 0 unspecified atom stereocenters. The molecule has 0 fully saturated rings. The Morgan fingerprint density at radius 1 is 1.16 bits per heavy atom. The quantitative estimate of drug-likeness (QED) is 0.227. The minimum Gasteiger partial charge on any atom is -0.339 e. The highest BCUT2D eigenvalue weighted by Crippen LogP contribution is 2.31. The smallest absolute Gasteiger partial charge is 0.247 e. The first-order chi connectivity index (χ1) is 17.7. The molecular weight excluding hydrogens is 484 g/mol. The first-order valence-electron chi connectivity index (χ1n) is 12.1. The molecule has 3 aromatic rings. The number of hydrogen-bond donors (Lipinski definition) is 3. The molecule has 8 heteroatoms. The molecule has 3 rings (SSSR count). The monoisotopic (exact) mass is 516 g/mol. The Morgan fingerprint density at radius 3 is 2.59 bits per heavy atom. The Kier molecular flexibility index (Phi) is 9.67. The van der Waals surface area contributed by atoms with Crippen LogP contribution in [0.25, 0.3) is 0 Å². The zero-order chi connectivity index (χ0) is 26.9. The second-order valence-corrected chi connectivity index (χ2v) is 9.43. The molecular formula is C29H33ClN6O. The Hall–Kier alpha value is -3.86. The summed E-state index contributed by atoms with van der Waals surface area (Å²) in [5.74, 6) is 7.19. The van der Waals surface area contributed by atoms with Crippen molar-refractivity contribution < 1.29 is 4.79 Å². The van der Waals surface area contributed by atoms with Crippen molar-refractivity contribution in [2.45, 2.75) is 33.1 Å². The van der Waals surface area contributed by atoms with E-state index in [0.717, 1.165) is 34.5 Å². The van der Waals surface area contributed by atoms with Gasteiger partial charge in [-0.25, -0.2) is 4.98 Å². The fourth-order valence-corrected chi connectivity index (χ4v) is 3.75. The summed E-state index contributed by atoms with van der Waals surface area (Å²) in [6.07, 6.45) is 3.53. The maximum atomic E-state index is 12.1. The molecule has 192 valence electrons. The summed E-state index contributed by atoms with van der Waals surface area (Å²) in [5.41, 5.74) is 5.17. The highest BCUT2D eigenvalue weighted by molar-refractivity contribution is 6.32. The Bertz CT molecular complexity index is 1340. The normalized spacial score (nSPS) is 10.6. The average Bonchev–Trinajstić information content (AvgIpc) is 2.87. The molecule has 0 spiro atoms. The van der Waals surface area contributed by atoms with Crippen LogP contribution in [0.3, 0.4) is 0 Å². The van der Waals surface area contributed by atoms with Gasteiger partial charge in [-0.2, -0.15) is 4.98 Å². The number of aryl methyl sites for hydroxylation is 1. The van der Waals surface area contributed by atoms with Crippen molar-refractivity contribution in [1.82, 2.24) is 14.9 Å². The number of benzene rings is 2. The lowest BCUT2D eigenvalue weighted by molar-refractivity contribution is -0.111. The number of rotatable bonds is 9. The van der Waals surface area contributed by atoms with Crippen molar-refractivity contribution in [3.05, 3.63) is 77.0 Å². The zero-order valence-electron chi connectivity index (χ0n) is 21.9. The van der Waals surface area contributed by atoms with Gasteiger partial charge in [0.05, 0.1) is 18.4 Å². The molecule has 3 N–H and O–H groups in total. The number of nitrogens with one attached hydrogen (secondary N) is 3. The lowest BCUT2D eigenvalue weighted by Gasteiger charge is -2.17. The summed E-state index contributed by atoms with van der Waals surface area (Å²) in [7, 11) is 3.91. The van der Waals surface area contributed by atoms with Crippen LogP contribution in [0.2, 0.25) is 5.02 Å². The molecule has 7 nitrogen and oxygen atoms in total. The van der Waals surface area contributed by atoms with Gasteiger partial charge in [0.2, 0.25) is 11.9 Å². The van der Waals surface area contributed by atoms with Crippen molar-refractivity contribution in [1.29, 1.82) is 0 Å². The van der Waals surface area contributed by atoms with Gasteiger partial charge in [-0.05, 0) is 61.8 Å². The van der Waals surface area contributed by atoms with Crippen LogP contribution in [0, 0.1) is 11.8 Å². The lowest BCUT2D eigenvalue weighted by Crippen LogP contribution is -2.12. The van der Waals surface area contributed by atoms with Crippen LogP contribution in [0.4, 0.5) is 28.8 Å². The molecule has 0 radical (unpaired) electrons. The van der Waals surface area contributed by atoms with Crippen LogP contribution < -0.4 is 16.0 Å². The van der Waals surface area contributed by atoms with Crippen molar-refractivity contribution >= 4 is 46.3 Å². The maximum Gasteiger partial charge on any atom is 0.247 e. The molecule has 2 aromatic carbocycles. The van der Waals surface area contributed by atoms with Gasteiger partial charge >= 0.3 is 0 Å². The van der Waals surface area contributed by atoms with E-state index in [-0.39, 0.29) is 5.91 Å². The lowest BCUT2D eigenvalue weighted by atomic mass is 10.0. The minimum atomic E-state index is -0.316. The van der Waals surface area contributed by atoms with Crippen LogP contribution in [0.15, 0.2) is 55.3 Å². The van der Waals surface area contributed by atoms with Crippen molar-refractivity contribution in [3.8, 4) is 11.8 Å². The number of carbonyl (C=O) groups excluding carboxylic acids is 1. The Morgan fingerprint density at radius 2 is 1.92 bits per heavy atom. The predicted octanol–water partition coefficient (Wildman–Crippen LogP) is 6.34. The number of para-hydroxylation sites is 1. The Labute approximate surface area is 224 Å². The molecule has 1 heterocycles. The van der Waals surface area contributed by atoms with Gasteiger partial charge in [0.25, 0.3) is 0 Å². The van der Waals surface area contributed by atoms with E-state index < -0.39 is 0 Å². The first kappa shape index (κ1) is 27.7. The van der Waals surface area contributed by atoms with E-state index in [9.17, 15) is 4.79 Å². The van der Waals surface area contributed by atoms with Gasteiger partial charge in [-0.3, -0.25) is 9.69 Å².